The van der Waals surface area contributed by atoms with Crippen molar-refractivity contribution in [3.8, 4) is 11.5 Å². The summed E-state index contributed by atoms with van der Waals surface area (Å²) < 4.78 is 0. The van der Waals surface area contributed by atoms with Crippen LogP contribution in [-0.2, 0) is 0 Å². The third-order valence-corrected chi connectivity index (χ3v) is 2.26. The van der Waals surface area contributed by atoms with Crippen LogP contribution < -0.4 is 0 Å². The van der Waals surface area contributed by atoms with Crippen LogP contribution in [0.2, 0.25) is 0 Å². The van der Waals surface area contributed by atoms with Gasteiger partial charge in [0.1, 0.15) is 11.5 Å². The summed E-state index contributed by atoms with van der Waals surface area (Å²) in [6, 6.07) is 12.6. The minimum Gasteiger partial charge on any atom is -0.508 e. The lowest BCUT2D eigenvalue weighted by Crippen LogP contribution is -2.00. The number of hydrogen-bond donors (Lipinski definition) is 2. The number of phenols is 2. The third-order valence-electron chi connectivity index (χ3n) is 2.26. The van der Waals surface area contributed by atoms with Gasteiger partial charge in [0.05, 0.1) is 5.56 Å². The van der Waals surface area contributed by atoms with Crippen LogP contribution in [0.5, 0.6) is 11.5 Å². The van der Waals surface area contributed by atoms with Gasteiger partial charge in [0.25, 0.3) is 0 Å². The van der Waals surface area contributed by atoms with Gasteiger partial charge in [-0.1, -0.05) is 30.3 Å². The molecule has 0 aliphatic carbocycles. The summed E-state index contributed by atoms with van der Waals surface area (Å²) in [5, 5.41) is 18.7. The molecule has 0 spiro atoms. The molecule has 0 atom stereocenters. The topological polar surface area (TPSA) is 57.5 Å². The van der Waals surface area contributed by atoms with Gasteiger partial charge in [-0.3, -0.25) is 4.79 Å². The molecular formula is C13H12O3. The average molecular weight is 216 g/mol. The first kappa shape index (κ1) is 10.2. The highest BCUT2D eigenvalue weighted by atomic mass is 16.3. The second-order valence-corrected chi connectivity index (χ2v) is 3.40. The molecule has 0 aromatic heterocycles. The summed E-state index contributed by atoms with van der Waals surface area (Å²) in [5.41, 5.74) is 0.687. The molecule has 0 saturated carbocycles. The van der Waals surface area contributed by atoms with E-state index in [1.54, 1.807) is 24.3 Å². The van der Waals surface area contributed by atoms with Gasteiger partial charge >= 0.3 is 0 Å². The third kappa shape index (κ3) is 1.88. The Morgan fingerprint density at radius 2 is 1.69 bits per heavy atom. The first-order valence-electron chi connectivity index (χ1n) is 4.80. The van der Waals surface area contributed by atoms with Gasteiger partial charge in [-0.2, -0.15) is 0 Å². The average Bonchev–Trinajstić information content (AvgIpc) is 2.29. The lowest BCUT2D eigenvalue weighted by Gasteiger charge is -2.04. The van der Waals surface area contributed by atoms with Crippen LogP contribution >= 0.6 is 0 Å². The maximum absolute atomic E-state index is 11.9. The van der Waals surface area contributed by atoms with Crippen LogP contribution in [0.3, 0.4) is 0 Å². The van der Waals surface area contributed by atoms with Crippen molar-refractivity contribution in [1.29, 1.82) is 0 Å². The minimum atomic E-state index is -0.266. The second kappa shape index (κ2) is 4.06. The Bertz CT molecular complexity index is 523. The van der Waals surface area contributed by atoms with Gasteiger partial charge in [0.2, 0.25) is 0 Å². The van der Waals surface area contributed by atoms with Crippen LogP contribution in [0.25, 0.3) is 0 Å². The van der Waals surface area contributed by atoms with Crippen LogP contribution in [0.4, 0.5) is 0 Å². The van der Waals surface area contributed by atoms with Crippen molar-refractivity contribution >= 4 is 5.78 Å². The Labute approximate surface area is 94.1 Å². The number of phenolic OH excluding ortho intramolecular Hbond substituents is 2. The first-order chi connectivity index (χ1) is 7.68. The predicted octanol–water partition coefficient (Wildman–Crippen LogP) is 2.57. The molecule has 0 aliphatic heterocycles. The summed E-state index contributed by atoms with van der Waals surface area (Å²) in [6.45, 7) is 0. The normalized spacial score (nSPS) is 10.0. The van der Waals surface area contributed by atoms with Crippen molar-refractivity contribution in [2.45, 2.75) is 0 Å². The molecule has 3 heteroatoms. The van der Waals surface area contributed by atoms with Crippen molar-refractivity contribution in [3.63, 3.8) is 0 Å². The molecule has 3 nitrogen and oxygen atoms in total. The summed E-state index contributed by atoms with van der Waals surface area (Å²) in [7, 11) is 0. The smallest absolute Gasteiger partial charge is 0.196 e. The molecule has 2 aromatic carbocycles. The SMILES string of the molecule is O=C(c1ccccc1)c1ccc(O)cc1O.[HH]. The molecule has 0 bridgehead atoms. The lowest BCUT2D eigenvalue weighted by molar-refractivity contribution is 0.103. The highest BCUT2D eigenvalue weighted by Crippen LogP contribution is 2.24. The van der Waals surface area contributed by atoms with E-state index in [1.165, 1.54) is 12.1 Å². The number of carbonyl (C=O) groups excluding carboxylic acids is 1. The van der Waals surface area contributed by atoms with Crippen molar-refractivity contribution in [2.24, 2.45) is 0 Å². The number of aromatic hydroxyl groups is 2. The summed E-state index contributed by atoms with van der Waals surface area (Å²) >= 11 is 0. The van der Waals surface area contributed by atoms with Gasteiger partial charge in [-0.25, -0.2) is 0 Å². The van der Waals surface area contributed by atoms with Crippen molar-refractivity contribution < 1.29 is 16.4 Å². The zero-order chi connectivity index (χ0) is 11.5. The summed E-state index contributed by atoms with van der Waals surface area (Å²) in [6.07, 6.45) is 0. The molecule has 0 fully saturated rings. The second-order valence-electron chi connectivity index (χ2n) is 3.40. The van der Waals surface area contributed by atoms with E-state index in [0.717, 1.165) is 6.07 Å². The maximum atomic E-state index is 11.9. The number of ketones is 1. The van der Waals surface area contributed by atoms with E-state index in [0.29, 0.717) is 5.56 Å². The summed E-state index contributed by atoms with van der Waals surface area (Å²) in [5.74, 6) is -0.547. The van der Waals surface area contributed by atoms with Crippen LogP contribution in [0.1, 0.15) is 17.3 Å². The monoisotopic (exact) mass is 216 g/mol. The molecule has 0 amide bonds. The number of hydrogen-bond acceptors (Lipinski definition) is 3. The number of carbonyl (C=O) groups is 1. The molecule has 0 aliphatic rings. The Morgan fingerprint density at radius 1 is 1.00 bits per heavy atom. The quantitative estimate of drug-likeness (QED) is 0.758. The Kier molecular flexibility index (Phi) is 2.60. The standard InChI is InChI=1S/C13H10O3.H2/c14-10-6-7-11(12(15)8-10)13(16)9-4-2-1-3-5-9;/h1-8,14-15H;1H. The number of benzene rings is 2. The molecule has 16 heavy (non-hydrogen) atoms. The highest BCUT2D eigenvalue weighted by molar-refractivity contribution is 6.10. The fraction of sp³-hybridized carbons (Fsp3) is 0. The van der Waals surface area contributed by atoms with Gasteiger partial charge in [0.15, 0.2) is 5.78 Å². The van der Waals surface area contributed by atoms with Crippen LogP contribution in [0.15, 0.2) is 48.5 Å². The predicted molar refractivity (Wildman–Crippen MR) is 61.8 cm³/mol. The van der Waals surface area contributed by atoms with Crippen molar-refractivity contribution in [3.05, 3.63) is 59.7 Å². The fourth-order valence-corrected chi connectivity index (χ4v) is 1.46. The lowest BCUT2D eigenvalue weighted by atomic mass is 10.0. The molecule has 0 heterocycles. The zero-order valence-electron chi connectivity index (χ0n) is 8.42. The minimum absolute atomic E-state index is 0. The molecule has 0 saturated heterocycles. The van der Waals surface area contributed by atoms with Crippen LogP contribution in [0, 0.1) is 0 Å². The molecule has 2 rings (SSSR count). The van der Waals surface area contributed by atoms with E-state index >= 15 is 0 Å². The molecule has 0 radical (unpaired) electrons. The zero-order valence-corrected chi connectivity index (χ0v) is 8.42. The van der Waals surface area contributed by atoms with Crippen LogP contribution in [-0.4, -0.2) is 16.0 Å². The first-order valence-corrected chi connectivity index (χ1v) is 4.80. The fourth-order valence-electron chi connectivity index (χ4n) is 1.46. The highest BCUT2D eigenvalue weighted by Gasteiger charge is 2.13. The molecule has 2 N–H and O–H groups in total. The van der Waals surface area contributed by atoms with E-state index in [1.807, 2.05) is 6.07 Å². The molecule has 82 valence electrons. The van der Waals surface area contributed by atoms with Gasteiger partial charge in [-0.15, -0.1) is 0 Å². The Balaban J connectivity index is 0.00000144. The van der Waals surface area contributed by atoms with E-state index in [-0.39, 0.29) is 24.3 Å². The van der Waals surface area contributed by atoms with Gasteiger partial charge < -0.3 is 10.2 Å². The summed E-state index contributed by atoms with van der Waals surface area (Å²) in [4.78, 5) is 11.9. The van der Waals surface area contributed by atoms with E-state index in [2.05, 4.69) is 0 Å². The van der Waals surface area contributed by atoms with Gasteiger partial charge in [0, 0.05) is 13.1 Å². The van der Waals surface area contributed by atoms with Crippen molar-refractivity contribution in [2.75, 3.05) is 0 Å². The molecular weight excluding hydrogens is 204 g/mol. The van der Waals surface area contributed by atoms with E-state index in [9.17, 15) is 9.90 Å². The van der Waals surface area contributed by atoms with Crippen molar-refractivity contribution in [1.82, 2.24) is 0 Å². The largest absolute Gasteiger partial charge is 0.508 e. The van der Waals surface area contributed by atoms with Gasteiger partial charge in [-0.05, 0) is 12.1 Å². The van der Waals surface area contributed by atoms with E-state index < -0.39 is 0 Å². The maximum Gasteiger partial charge on any atom is 0.196 e. The Hall–Kier alpha value is -2.29. The molecule has 2 aromatic rings. The van der Waals surface area contributed by atoms with E-state index in [4.69, 9.17) is 5.11 Å². The number of rotatable bonds is 2. The molecule has 0 unspecified atom stereocenters. The Morgan fingerprint density at radius 3 is 2.31 bits per heavy atom.